The van der Waals surface area contributed by atoms with Gasteiger partial charge in [-0.1, -0.05) is 47.5 Å². The van der Waals surface area contributed by atoms with E-state index >= 15 is 0 Å². The molecule has 2 N–H and O–H groups in total. The number of carbonyl (C=O) groups is 3. The molecule has 0 aromatic heterocycles. The molecule has 2 aromatic rings. The van der Waals surface area contributed by atoms with Crippen molar-refractivity contribution in [1.29, 1.82) is 0 Å². The molecule has 0 aliphatic carbocycles. The van der Waals surface area contributed by atoms with E-state index in [9.17, 15) is 14.4 Å². The molecule has 2 aromatic carbocycles. The molecule has 3 rings (SSSR count). The molecule has 1 fully saturated rings. The third-order valence-electron chi connectivity index (χ3n) is 4.90. The van der Waals surface area contributed by atoms with Gasteiger partial charge < -0.3 is 15.5 Å². The molecule has 3 amide bonds. The van der Waals surface area contributed by atoms with Crippen LogP contribution in [0.2, 0.25) is 5.02 Å². The highest BCUT2D eigenvalue weighted by Crippen LogP contribution is 2.23. The van der Waals surface area contributed by atoms with Crippen LogP contribution in [0, 0.1) is 19.8 Å². The van der Waals surface area contributed by atoms with E-state index < -0.39 is 5.92 Å². The minimum absolute atomic E-state index is 0.0541. The number of likely N-dealkylation sites (tertiary alicyclic amines) is 1. The van der Waals surface area contributed by atoms with Crippen molar-refractivity contribution >= 4 is 35.0 Å². The Labute approximate surface area is 175 Å². The monoisotopic (exact) mass is 413 g/mol. The van der Waals surface area contributed by atoms with Crippen LogP contribution >= 0.6 is 11.6 Å². The lowest BCUT2D eigenvalue weighted by atomic mass is 10.1. The largest absolute Gasteiger partial charge is 0.347 e. The molecule has 1 atom stereocenters. The second kappa shape index (κ2) is 9.09. The van der Waals surface area contributed by atoms with E-state index in [4.69, 9.17) is 11.6 Å². The van der Waals surface area contributed by atoms with Crippen LogP contribution in [0.15, 0.2) is 42.5 Å². The van der Waals surface area contributed by atoms with Crippen LogP contribution in [-0.4, -0.2) is 35.7 Å². The van der Waals surface area contributed by atoms with Gasteiger partial charge >= 0.3 is 0 Å². The molecule has 1 aliphatic heterocycles. The Morgan fingerprint density at radius 3 is 2.48 bits per heavy atom. The number of rotatable bonds is 6. The number of anilines is 1. The third kappa shape index (κ3) is 5.57. The Morgan fingerprint density at radius 2 is 1.79 bits per heavy atom. The zero-order chi connectivity index (χ0) is 21.0. The number of carbonyl (C=O) groups excluding carboxylic acids is 3. The van der Waals surface area contributed by atoms with Gasteiger partial charge in [0.25, 0.3) is 0 Å². The molecule has 7 heteroatoms. The summed E-state index contributed by atoms with van der Waals surface area (Å²) in [4.78, 5) is 38.4. The topological polar surface area (TPSA) is 78.5 Å². The minimum Gasteiger partial charge on any atom is -0.347 e. The van der Waals surface area contributed by atoms with Crippen molar-refractivity contribution in [3.63, 3.8) is 0 Å². The molecule has 1 aliphatic rings. The van der Waals surface area contributed by atoms with Crippen LogP contribution < -0.4 is 10.6 Å². The predicted octanol–water partition coefficient (Wildman–Crippen LogP) is 3.06. The molecule has 0 bridgehead atoms. The average molecular weight is 414 g/mol. The van der Waals surface area contributed by atoms with Crippen LogP contribution in [0.25, 0.3) is 0 Å². The summed E-state index contributed by atoms with van der Waals surface area (Å²) in [5.41, 5.74) is 3.67. The fourth-order valence-electron chi connectivity index (χ4n) is 3.24. The second-order valence-corrected chi connectivity index (χ2v) is 7.82. The molecule has 29 heavy (non-hydrogen) atoms. The first-order valence-electron chi connectivity index (χ1n) is 9.49. The molecule has 0 spiro atoms. The summed E-state index contributed by atoms with van der Waals surface area (Å²) >= 11 is 6.10. The number of benzene rings is 2. The van der Waals surface area contributed by atoms with Crippen molar-refractivity contribution < 1.29 is 14.4 Å². The summed E-state index contributed by atoms with van der Waals surface area (Å²) in [6, 6.07) is 13.3. The molecule has 6 nitrogen and oxygen atoms in total. The van der Waals surface area contributed by atoms with E-state index in [1.54, 1.807) is 17.0 Å². The van der Waals surface area contributed by atoms with Crippen LogP contribution in [0.4, 0.5) is 5.69 Å². The Kier molecular flexibility index (Phi) is 6.54. The maximum Gasteiger partial charge on any atom is 0.243 e. The van der Waals surface area contributed by atoms with Crippen molar-refractivity contribution in [1.82, 2.24) is 10.2 Å². The lowest BCUT2D eigenvalue weighted by molar-refractivity contribution is -0.129. The molecule has 0 saturated carbocycles. The van der Waals surface area contributed by atoms with E-state index in [0.29, 0.717) is 23.8 Å². The van der Waals surface area contributed by atoms with Gasteiger partial charge in [0.15, 0.2) is 0 Å². The number of amides is 3. The molecule has 1 saturated heterocycles. The lowest BCUT2D eigenvalue weighted by Crippen LogP contribution is -2.37. The van der Waals surface area contributed by atoms with Crippen molar-refractivity contribution in [3.05, 3.63) is 64.2 Å². The fraction of sp³-hybridized carbons (Fsp3) is 0.318. The first kappa shape index (κ1) is 20.9. The predicted molar refractivity (Wildman–Crippen MR) is 113 cm³/mol. The van der Waals surface area contributed by atoms with Gasteiger partial charge in [0, 0.05) is 19.5 Å². The van der Waals surface area contributed by atoms with Crippen LogP contribution in [0.1, 0.15) is 23.1 Å². The number of hydrogen-bond acceptors (Lipinski definition) is 3. The second-order valence-electron chi connectivity index (χ2n) is 7.41. The zero-order valence-corrected chi connectivity index (χ0v) is 17.3. The number of aryl methyl sites for hydroxylation is 2. The Morgan fingerprint density at radius 1 is 1.10 bits per heavy atom. The highest BCUT2D eigenvalue weighted by atomic mass is 35.5. The summed E-state index contributed by atoms with van der Waals surface area (Å²) in [5.74, 6) is -1.18. The zero-order valence-electron chi connectivity index (χ0n) is 16.5. The fourth-order valence-corrected chi connectivity index (χ4v) is 3.52. The maximum absolute atomic E-state index is 12.4. The molecule has 152 valence electrons. The van der Waals surface area contributed by atoms with Crippen LogP contribution in [-0.2, 0) is 20.9 Å². The number of nitrogens with one attached hydrogen (secondary N) is 2. The van der Waals surface area contributed by atoms with Gasteiger partial charge in [0.1, 0.15) is 0 Å². The van der Waals surface area contributed by atoms with Crippen molar-refractivity contribution in [3.8, 4) is 0 Å². The Balaban J connectivity index is 1.48. The van der Waals surface area contributed by atoms with Gasteiger partial charge in [-0.3, -0.25) is 14.4 Å². The average Bonchev–Trinajstić information content (AvgIpc) is 3.04. The van der Waals surface area contributed by atoms with Gasteiger partial charge in [-0.15, -0.1) is 0 Å². The smallest absolute Gasteiger partial charge is 0.243 e. The van der Waals surface area contributed by atoms with Gasteiger partial charge in [-0.2, -0.15) is 0 Å². The summed E-state index contributed by atoms with van der Waals surface area (Å²) in [6.45, 7) is 4.57. The summed E-state index contributed by atoms with van der Waals surface area (Å²) < 4.78 is 0. The highest BCUT2D eigenvalue weighted by Gasteiger charge is 2.34. The Hall–Kier alpha value is -2.86. The summed E-state index contributed by atoms with van der Waals surface area (Å²) in [5, 5.41) is 5.73. The molecule has 1 unspecified atom stereocenters. The number of halogens is 1. The van der Waals surface area contributed by atoms with Crippen molar-refractivity contribution in [2.24, 2.45) is 5.92 Å². The lowest BCUT2D eigenvalue weighted by Gasteiger charge is -2.17. The molecule has 1 heterocycles. The van der Waals surface area contributed by atoms with Gasteiger partial charge in [0.05, 0.1) is 23.2 Å². The van der Waals surface area contributed by atoms with Crippen molar-refractivity contribution in [2.45, 2.75) is 26.8 Å². The van der Waals surface area contributed by atoms with E-state index in [0.717, 1.165) is 16.7 Å². The maximum atomic E-state index is 12.4. The summed E-state index contributed by atoms with van der Waals surface area (Å²) in [7, 11) is 0. The SMILES string of the molecule is Cc1ccc(CN2CC(C(=O)NCC(=O)Nc3ccc(C)cc3Cl)CC2=O)cc1. The van der Waals surface area contributed by atoms with E-state index in [2.05, 4.69) is 10.6 Å². The van der Waals surface area contributed by atoms with E-state index in [1.807, 2.05) is 44.2 Å². The highest BCUT2D eigenvalue weighted by molar-refractivity contribution is 6.33. The molecular weight excluding hydrogens is 390 g/mol. The standard InChI is InChI=1S/C22H24ClN3O3/c1-14-3-6-16(7-4-14)12-26-13-17(10-21(26)28)22(29)24-11-20(27)25-19-8-5-15(2)9-18(19)23/h3-9,17H,10-13H2,1-2H3,(H,24,29)(H,25,27). The summed E-state index contributed by atoms with van der Waals surface area (Å²) in [6.07, 6.45) is 0.156. The first-order chi connectivity index (χ1) is 13.8. The first-order valence-corrected chi connectivity index (χ1v) is 9.86. The van der Waals surface area contributed by atoms with Crippen LogP contribution in [0.3, 0.4) is 0 Å². The minimum atomic E-state index is -0.455. The van der Waals surface area contributed by atoms with Crippen LogP contribution in [0.5, 0.6) is 0 Å². The number of nitrogens with zero attached hydrogens (tertiary/aromatic N) is 1. The molecular formula is C22H24ClN3O3. The van der Waals surface area contributed by atoms with Gasteiger partial charge in [-0.25, -0.2) is 0 Å². The molecule has 0 radical (unpaired) electrons. The Bertz CT molecular complexity index is 927. The number of hydrogen-bond donors (Lipinski definition) is 2. The van der Waals surface area contributed by atoms with E-state index in [-0.39, 0.29) is 30.7 Å². The van der Waals surface area contributed by atoms with E-state index in [1.165, 1.54) is 0 Å². The van der Waals surface area contributed by atoms with Gasteiger partial charge in [0.2, 0.25) is 17.7 Å². The quantitative estimate of drug-likeness (QED) is 0.763. The van der Waals surface area contributed by atoms with Gasteiger partial charge in [-0.05, 0) is 37.1 Å². The third-order valence-corrected chi connectivity index (χ3v) is 5.21. The normalized spacial score (nSPS) is 16.0. The van der Waals surface area contributed by atoms with Crippen molar-refractivity contribution in [2.75, 3.05) is 18.4 Å².